The zero-order chi connectivity index (χ0) is 22.1. The van der Waals surface area contributed by atoms with Crippen LogP contribution in [-0.4, -0.2) is 20.7 Å². The monoisotopic (exact) mass is 452 g/mol. The third kappa shape index (κ3) is 4.48. The summed E-state index contributed by atoms with van der Waals surface area (Å²) in [5, 5.41) is 13.2. The van der Waals surface area contributed by atoms with E-state index >= 15 is 0 Å². The van der Waals surface area contributed by atoms with E-state index in [0.717, 1.165) is 73.1 Å². The summed E-state index contributed by atoms with van der Waals surface area (Å²) in [5.41, 5.74) is 2.48. The maximum atomic E-state index is 13.4. The van der Waals surface area contributed by atoms with Crippen LogP contribution < -0.4 is 5.32 Å². The van der Waals surface area contributed by atoms with Crippen molar-refractivity contribution in [2.75, 3.05) is 0 Å². The van der Waals surface area contributed by atoms with Crippen LogP contribution in [-0.2, 0) is 23.6 Å². The molecular formula is C26H36N4OS. The molecule has 2 aromatic rings. The van der Waals surface area contributed by atoms with Gasteiger partial charge in [0.1, 0.15) is 0 Å². The molecule has 0 aliphatic heterocycles. The second kappa shape index (κ2) is 9.20. The molecule has 1 N–H and O–H groups in total. The van der Waals surface area contributed by atoms with Crippen LogP contribution >= 0.6 is 11.8 Å². The molecule has 1 heterocycles. The molecule has 172 valence electrons. The van der Waals surface area contributed by atoms with Crippen molar-refractivity contribution in [3.63, 3.8) is 0 Å². The number of carbonyl (C=O) groups excluding carboxylic acids is 1. The van der Waals surface area contributed by atoms with Crippen molar-refractivity contribution in [2.24, 2.45) is 23.2 Å². The lowest BCUT2D eigenvalue weighted by atomic mass is 9.49. The van der Waals surface area contributed by atoms with E-state index in [4.69, 9.17) is 0 Å². The van der Waals surface area contributed by atoms with Gasteiger partial charge in [-0.15, -0.1) is 10.2 Å². The number of aromatic nitrogens is 3. The van der Waals surface area contributed by atoms with E-state index in [2.05, 4.69) is 58.2 Å². The van der Waals surface area contributed by atoms with Crippen molar-refractivity contribution in [3.8, 4) is 0 Å². The molecule has 0 atom stereocenters. The average molecular weight is 453 g/mol. The molecular weight excluding hydrogens is 416 g/mol. The highest BCUT2D eigenvalue weighted by molar-refractivity contribution is 7.98. The fourth-order valence-corrected chi connectivity index (χ4v) is 7.71. The van der Waals surface area contributed by atoms with Gasteiger partial charge in [-0.2, -0.15) is 0 Å². The quantitative estimate of drug-likeness (QED) is 0.510. The van der Waals surface area contributed by atoms with Crippen molar-refractivity contribution in [1.29, 1.82) is 0 Å². The molecule has 1 amide bonds. The summed E-state index contributed by atoms with van der Waals surface area (Å²) in [5.74, 6) is 4.39. The molecule has 0 unspecified atom stereocenters. The zero-order valence-corrected chi connectivity index (χ0v) is 20.3. The van der Waals surface area contributed by atoms with Crippen molar-refractivity contribution in [2.45, 2.75) is 89.2 Å². The second-order valence-corrected chi connectivity index (χ2v) is 11.5. The molecule has 4 bridgehead atoms. The van der Waals surface area contributed by atoms with E-state index in [0.29, 0.717) is 6.54 Å². The molecule has 0 saturated heterocycles. The summed E-state index contributed by atoms with van der Waals surface area (Å²) >= 11 is 1.74. The van der Waals surface area contributed by atoms with Crippen LogP contribution in [0.5, 0.6) is 0 Å². The van der Waals surface area contributed by atoms with Crippen LogP contribution in [0, 0.1) is 30.1 Å². The van der Waals surface area contributed by atoms with Crippen molar-refractivity contribution < 1.29 is 4.79 Å². The maximum Gasteiger partial charge on any atom is 0.226 e. The number of carbonyl (C=O) groups is 1. The molecule has 6 heteroatoms. The number of unbranched alkanes of at least 4 members (excludes halogenated alkanes) is 1. The molecule has 4 saturated carbocycles. The van der Waals surface area contributed by atoms with Gasteiger partial charge in [-0.1, -0.05) is 54.9 Å². The normalized spacial score (nSPS) is 28.2. The number of nitrogens with one attached hydrogen (secondary N) is 1. The van der Waals surface area contributed by atoms with Crippen molar-refractivity contribution in [1.82, 2.24) is 20.1 Å². The fourth-order valence-electron chi connectivity index (χ4n) is 6.78. The van der Waals surface area contributed by atoms with Gasteiger partial charge in [0, 0.05) is 17.7 Å². The Balaban J connectivity index is 1.25. The van der Waals surface area contributed by atoms with Gasteiger partial charge in [0.15, 0.2) is 11.0 Å². The number of benzene rings is 1. The minimum atomic E-state index is -0.105. The Labute approximate surface area is 196 Å². The smallest absolute Gasteiger partial charge is 0.226 e. The van der Waals surface area contributed by atoms with Gasteiger partial charge in [-0.3, -0.25) is 4.79 Å². The average Bonchev–Trinajstić information content (AvgIpc) is 3.15. The SMILES string of the molecule is CCCCn1c(CNC(=O)C23CC4CC(CC(C4)C2)C3)nnc1SCc1cccc(C)c1. The van der Waals surface area contributed by atoms with Gasteiger partial charge in [0.05, 0.1) is 6.54 Å². The van der Waals surface area contributed by atoms with Gasteiger partial charge < -0.3 is 9.88 Å². The van der Waals surface area contributed by atoms with Gasteiger partial charge in [-0.25, -0.2) is 0 Å². The van der Waals surface area contributed by atoms with Gasteiger partial charge in [-0.05, 0) is 75.2 Å². The van der Waals surface area contributed by atoms with E-state index in [-0.39, 0.29) is 11.3 Å². The highest BCUT2D eigenvalue weighted by atomic mass is 32.2. The van der Waals surface area contributed by atoms with Crippen molar-refractivity contribution >= 4 is 17.7 Å². The molecule has 5 nitrogen and oxygen atoms in total. The standard InChI is InChI=1S/C26H36N4OS/c1-3-4-8-30-23(28-29-25(30)32-17-19-7-5-6-18(2)9-19)16-27-24(31)26-13-20-10-21(14-26)12-22(11-20)15-26/h5-7,9,20-22H,3-4,8,10-17H2,1-2H3,(H,27,31). The summed E-state index contributed by atoms with van der Waals surface area (Å²) in [6.45, 7) is 5.73. The lowest BCUT2D eigenvalue weighted by Crippen LogP contribution is -2.53. The Kier molecular flexibility index (Phi) is 6.33. The molecule has 4 fully saturated rings. The van der Waals surface area contributed by atoms with E-state index in [1.807, 2.05) is 0 Å². The number of thioether (sulfide) groups is 1. The molecule has 4 aliphatic rings. The molecule has 32 heavy (non-hydrogen) atoms. The number of aryl methyl sites for hydroxylation is 1. The van der Waals surface area contributed by atoms with Gasteiger partial charge in [0.25, 0.3) is 0 Å². The highest BCUT2D eigenvalue weighted by Crippen LogP contribution is 2.60. The van der Waals surface area contributed by atoms with Crippen LogP contribution in [0.2, 0.25) is 0 Å². The van der Waals surface area contributed by atoms with Gasteiger partial charge in [0.2, 0.25) is 5.91 Å². The highest BCUT2D eigenvalue weighted by Gasteiger charge is 2.54. The van der Waals surface area contributed by atoms with E-state index < -0.39 is 0 Å². The molecule has 6 rings (SSSR count). The predicted molar refractivity (Wildman–Crippen MR) is 128 cm³/mol. The van der Waals surface area contributed by atoms with Crippen molar-refractivity contribution in [3.05, 3.63) is 41.2 Å². The fraction of sp³-hybridized carbons (Fsp3) is 0.654. The third-order valence-corrected chi connectivity index (χ3v) is 8.94. The number of hydrogen-bond donors (Lipinski definition) is 1. The summed E-state index contributed by atoms with van der Waals surface area (Å²) in [7, 11) is 0. The van der Waals surface area contributed by atoms with E-state index in [1.54, 1.807) is 11.8 Å². The van der Waals surface area contributed by atoms with Crippen LogP contribution in [0.15, 0.2) is 29.4 Å². The first-order valence-corrected chi connectivity index (χ1v) is 13.4. The number of amides is 1. The maximum absolute atomic E-state index is 13.4. The lowest BCUT2D eigenvalue weighted by molar-refractivity contribution is -0.146. The zero-order valence-electron chi connectivity index (χ0n) is 19.5. The summed E-state index contributed by atoms with van der Waals surface area (Å²) < 4.78 is 2.23. The molecule has 4 aliphatic carbocycles. The van der Waals surface area contributed by atoms with E-state index in [9.17, 15) is 4.79 Å². The number of hydrogen-bond acceptors (Lipinski definition) is 4. The largest absolute Gasteiger partial charge is 0.348 e. The minimum absolute atomic E-state index is 0.105. The van der Waals surface area contributed by atoms with Gasteiger partial charge >= 0.3 is 0 Å². The number of nitrogens with zero attached hydrogens (tertiary/aromatic N) is 3. The first kappa shape index (κ1) is 22.0. The minimum Gasteiger partial charge on any atom is -0.348 e. The molecule has 0 radical (unpaired) electrons. The molecule has 0 spiro atoms. The van der Waals surface area contributed by atoms with Crippen LogP contribution in [0.25, 0.3) is 0 Å². The number of rotatable bonds is 9. The summed E-state index contributed by atoms with van der Waals surface area (Å²) in [6.07, 6.45) is 9.60. The Hall–Kier alpha value is -1.82. The van der Waals surface area contributed by atoms with Crippen LogP contribution in [0.1, 0.15) is 75.2 Å². The Morgan fingerprint density at radius 2 is 1.88 bits per heavy atom. The summed E-state index contributed by atoms with van der Waals surface area (Å²) in [6, 6.07) is 8.63. The Bertz CT molecular complexity index is 933. The first-order chi connectivity index (χ1) is 15.5. The Morgan fingerprint density at radius 3 is 2.53 bits per heavy atom. The topological polar surface area (TPSA) is 59.8 Å². The first-order valence-electron chi connectivity index (χ1n) is 12.4. The molecule has 1 aromatic heterocycles. The third-order valence-electron chi connectivity index (χ3n) is 7.91. The second-order valence-electron chi connectivity index (χ2n) is 10.6. The Morgan fingerprint density at radius 1 is 1.16 bits per heavy atom. The van der Waals surface area contributed by atoms with E-state index in [1.165, 1.54) is 30.4 Å². The predicted octanol–water partition coefficient (Wildman–Crippen LogP) is 5.51. The van der Waals surface area contributed by atoms with Crippen LogP contribution in [0.4, 0.5) is 0 Å². The molecule has 1 aromatic carbocycles. The van der Waals surface area contributed by atoms with Crippen LogP contribution in [0.3, 0.4) is 0 Å². The summed E-state index contributed by atoms with van der Waals surface area (Å²) in [4.78, 5) is 13.4. The lowest BCUT2D eigenvalue weighted by Gasteiger charge is -2.55.